The van der Waals surface area contributed by atoms with Gasteiger partial charge in [0.05, 0.1) is 11.0 Å². The molecular formula is C20H28N4O4. The first-order valence-electron chi connectivity index (χ1n) is 9.58. The lowest BCUT2D eigenvalue weighted by molar-refractivity contribution is -0.122. The lowest BCUT2D eigenvalue weighted by Crippen LogP contribution is -2.54. The maximum atomic E-state index is 13.1. The molecule has 0 aliphatic carbocycles. The number of benzene rings is 1. The van der Waals surface area contributed by atoms with Crippen molar-refractivity contribution in [3.05, 3.63) is 34.7 Å². The van der Waals surface area contributed by atoms with Gasteiger partial charge in [-0.1, -0.05) is 32.9 Å². The van der Waals surface area contributed by atoms with Crippen LogP contribution in [0.4, 0.5) is 4.79 Å². The van der Waals surface area contributed by atoms with Crippen LogP contribution < -0.4 is 16.7 Å². The van der Waals surface area contributed by atoms with E-state index in [1.807, 2.05) is 12.1 Å². The van der Waals surface area contributed by atoms with Crippen LogP contribution in [-0.4, -0.2) is 40.3 Å². The number of hydrogen-bond acceptors (Lipinski definition) is 4. The summed E-state index contributed by atoms with van der Waals surface area (Å²) in [4.78, 5) is 37.9. The number of para-hydroxylation sites is 2. The Kier molecular flexibility index (Phi) is 5.60. The first-order valence-corrected chi connectivity index (χ1v) is 9.58. The molecule has 0 spiro atoms. The summed E-state index contributed by atoms with van der Waals surface area (Å²) in [6, 6.07) is 5.63. The summed E-state index contributed by atoms with van der Waals surface area (Å²) in [6.07, 6.45) is 1.76. The van der Waals surface area contributed by atoms with Crippen LogP contribution in [0.2, 0.25) is 0 Å². The van der Waals surface area contributed by atoms with Gasteiger partial charge in [0.1, 0.15) is 6.04 Å². The molecule has 3 N–H and O–H groups in total. The summed E-state index contributed by atoms with van der Waals surface area (Å²) < 4.78 is 8.13. The molecule has 1 aliphatic rings. The molecule has 2 amide bonds. The van der Waals surface area contributed by atoms with E-state index in [2.05, 4.69) is 5.32 Å². The van der Waals surface area contributed by atoms with Crippen LogP contribution in [0.25, 0.3) is 11.0 Å². The molecular weight excluding hydrogens is 360 g/mol. The Bertz CT molecular complexity index is 932. The standard InChI is InChI=1S/C20H28N4O4/c1-20(2,3)16(17(21)25)22-18(26)24-15-7-5-4-6-14(15)23(19(24)27)12-13-8-10-28-11-9-13/h4-7,13,16H,8-12H2,1-3H3,(H2,21,25)(H,22,26)/t16-/m1/s1. The number of nitrogens with zero attached hydrogens (tertiary/aromatic N) is 2. The van der Waals surface area contributed by atoms with E-state index >= 15 is 0 Å². The van der Waals surface area contributed by atoms with E-state index in [1.165, 1.54) is 0 Å². The lowest BCUT2D eigenvalue weighted by Gasteiger charge is -2.28. The fraction of sp³-hybridized carbons (Fsp3) is 0.550. The summed E-state index contributed by atoms with van der Waals surface area (Å²) >= 11 is 0. The minimum atomic E-state index is -0.899. The number of amides is 2. The number of carbonyl (C=O) groups excluding carboxylic acids is 2. The molecule has 1 saturated heterocycles. The van der Waals surface area contributed by atoms with Crippen molar-refractivity contribution in [3.8, 4) is 0 Å². The summed E-state index contributed by atoms with van der Waals surface area (Å²) in [5.41, 5.74) is 5.68. The molecule has 1 atom stereocenters. The number of rotatable bonds is 4. The Labute approximate surface area is 163 Å². The number of fused-ring (bicyclic) bond motifs is 1. The van der Waals surface area contributed by atoms with Crippen molar-refractivity contribution in [2.24, 2.45) is 17.1 Å². The van der Waals surface area contributed by atoms with E-state index in [-0.39, 0.29) is 0 Å². The number of aromatic nitrogens is 2. The highest BCUT2D eigenvalue weighted by Crippen LogP contribution is 2.21. The van der Waals surface area contributed by atoms with E-state index in [4.69, 9.17) is 10.5 Å². The Balaban J connectivity index is 1.99. The van der Waals surface area contributed by atoms with E-state index in [9.17, 15) is 14.4 Å². The molecule has 1 fully saturated rings. The van der Waals surface area contributed by atoms with Crippen molar-refractivity contribution < 1.29 is 14.3 Å². The molecule has 1 aromatic heterocycles. The van der Waals surface area contributed by atoms with Gasteiger partial charge in [0.15, 0.2) is 0 Å². The van der Waals surface area contributed by atoms with Gasteiger partial charge in [-0.3, -0.25) is 9.36 Å². The van der Waals surface area contributed by atoms with Gasteiger partial charge in [0.2, 0.25) is 5.91 Å². The van der Waals surface area contributed by atoms with Crippen LogP contribution in [0.15, 0.2) is 29.1 Å². The molecule has 2 heterocycles. The van der Waals surface area contributed by atoms with Crippen LogP contribution in [0.5, 0.6) is 0 Å². The highest BCUT2D eigenvalue weighted by Gasteiger charge is 2.32. The highest BCUT2D eigenvalue weighted by atomic mass is 16.5. The molecule has 0 bridgehead atoms. The number of primary amides is 1. The molecule has 8 heteroatoms. The molecule has 0 unspecified atom stereocenters. The quantitative estimate of drug-likeness (QED) is 0.831. The third kappa shape index (κ3) is 3.96. The number of carbonyl (C=O) groups is 2. The molecule has 2 aromatic rings. The molecule has 0 radical (unpaired) electrons. The van der Waals surface area contributed by atoms with Gasteiger partial charge in [-0.05, 0) is 36.3 Å². The van der Waals surface area contributed by atoms with E-state index < -0.39 is 29.1 Å². The lowest BCUT2D eigenvalue weighted by atomic mass is 9.86. The van der Waals surface area contributed by atoms with Crippen LogP contribution in [0.3, 0.4) is 0 Å². The number of ether oxygens (including phenoxy) is 1. The van der Waals surface area contributed by atoms with Crippen LogP contribution in [0, 0.1) is 11.3 Å². The van der Waals surface area contributed by atoms with Crippen molar-refractivity contribution in [2.75, 3.05) is 13.2 Å². The maximum Gasteiger partial charge on any atom is 0.337 e. The monoisotopic (exact) mass is 388 g/mol. The smallest absolute Gasteiger partial charge is 0.337 e. The molecule has 28 heavy (non-hydrogen) atoms. The predicted octanol–water partition coefficient (Wildman–Crippen LogP) is 1.69. The number of nitrogens with one attached hydrogen (secondary N) is 1. The normalized spacial score (nSPS) is 16.8. The van der Waals surface area contributed by atoms with Crippen LogP contribution in [0.1, 0.15) is 33.6 Å². The molecule has 1 aromatic carbocycles. The Hall–Kier alpha value is -2.61. The zero-order chi connectivity index (χ0) is 20.5. The average Bonchev–Trinajstić information content (AvgIpc) is 2.91. The van der Waals surface area contributed by atoms with E-state index in [1.54, 1.807) is 37.5 Å². The summed E-state index contributed by atoms with van der Waals surface area (Å²) in [5, 5.41) is 2.64. The second-order valence-corrected chi connectivity index (χ2v) is 8.42. The largest absolute Gasteiger partial charge is 0.381 e. The van der Waals surface area contributed by atoms with E-state index in [0.29, 0.717) is 36.7 Å². The molecule has 0 saturated carbocycles. The summed E-state index contributed by atoms with van der Waals surface area (Å²) in [5.74, 6) is -0.318. The van der Waals surface area contributed by atoms with Gasteiger partial charge in [-0.25, -0.2) is 14.2 Å². The maximum absolute atomic E-state index is 13.1. The Morgan fingerprint density at radius 1 is 1.21 bits per heavy atom. The van der Waals surface area contributed by atoms with Gasteiger partial charge in [-0.15, -0.1) is 0 Å². The fourth-order valence-electron chi connectivity index (χ4n) is 3.67. The van der Waals surface area contributed by atoms with E-state index in [0.717, 1.165) is 17.4 Å². The van der Waals surface area contributed by atoms with Crippen molar-refractivity contribution in [3.63, 3.8) is 0 Å². The zero-order valence-corrected chi connectivity index (χ0v) is 16.6. The molecule has 3 rings (SSSR count). The van der Waals surface area contributed by atoms with Gasteiger partial charge >= 0.3 is 11.7 Å². The third-order valence-corrected chi connectivity index (χ3v) is 5.24. The van der Waals surface area contributed by atoms with Crippen molar-refractivity contribution >= 4 is 23.0 Å². The second kappa shape index (κ2) is 7.79. The van der Waals surface area contributed by atoms with Gasteiger partial charge in [-0.2, -0.15) is 0 Å². The summed E-state index contributed by atoms with van der Waals surface area (Å²) in [6.45, 7) is 7.32. The van der Waals surface area contributed by atoms with Crippen molar-refractivity contribution in [1.29, 1.82) is 0 Å². The third-order valence-electron chi connectivity index (χ3n) is 5.24. The number of nitrogens with two attached hydrogens (primary N) is 1. The fourth-order valence-corrected chi connectivity index (χ4v) is 3.67. The average molecular weight is 388 g/mol. The Morgan fingerprint density at radius 3 is 2.39 bits per heavy atom. The Morgan fingerprint density at radius 2 is 1.82 bits per heavy atom. The molecule has 1 aliphatic heterocycles. The highest BCUT2D eigenvalue weighted by molar-refractivity contribution is 5.92. The minimum Gasteiger partial charge on any atom is -0.381 e. The first-order chi connectivity index (χ1) is 13.2. The number of hydrogen-bond donors (Lipinski definition) is 2. The van der Waals surface area contributed by atoms with Gasteiger partial charge in [0, 0.05) is 19.8 Å². The predicted molar refractivity (Wildman–Crippen MR) is 106 cm³/mol. The molecule has 8 nitrogen and oxygen atoms in total. The van der Waals surface area contributed by atoms with Crippen molar-refractivity contribution in [1.82, 2.24) is 14.5 Å². The first kappa shape index (κ1) is 20.1. The van der Waals surface area contributed by atoms with Crippen LogP contribution in [-0.2, 0) is 16.1 Å². The minimum absolute atomic E-state index is 0.321. The topological polar surface area (TPSA) is 108 Å². The number of imidazole rings is 1. The van der Waals surface area contributed by atoms with Crippen molar-refractivity contribution in [2.45, 2.75) is 46.2 Å². The van der Waals surface area contributed by atoms with Crippen LogP contribution >= 0.6 is 0 Å². The van der Waals surface area contributed by atoms with Gasteiger partial charge in [0.25, 0.3) is 0 Å². The molecule has 152 valence electrons. The SMILES string of the molecule is CC(C)(C)[C@H](NC(=O)n1c(=O)n(CC2CCOCC2)c2ccccc21)C(N)=O. The second-order valence-electron chi connectivity index (χ2n) is 8.42. The summed E-state index contributed by atoms with van der Waals surface area (Å²) in [7, 11) is 0. The zero-order valence-electron chi connectivity index (χ0n) is 16.6. The van der Waals surface area contributed by atoms with Gasteiger partial charge < -0.3 is 15.8 Å².